The molecule has 2 rings (SSSR count). The number of fused-ring (bicyclic) bond motifs is 1. The highest BCUT2D eigenvalue weighted by molar-refractivity contribution is 5.29. The van der Waals surface area contributed by atoms with E-state index < -0.39 is 5.60 Å². The molecule has 12 heavy (non-hydrogen) atoms. The molecule has 1 aliphatic carbocycles. The van der Waals surface area contributed by atoms with Crippen LogP contribution in [-0.4, -0.2) is 24.1 Å². The first-order valence-corrected chi connectivity index (χ1v) is 3.80. The summed E-state index contributed by atoms with van der Waals surface area (Å²) in [7, 11) is 0. The Morgan fingerprint density at radius 2 is 2.42 bits per heavy atom. The van der Waals surface area contributed by atoms with E-state index in [1.54, 1.807) is 0 Å². The summed E-state index contributed by atoms with van der Waals surface area (Å²) in [5, 5.41) is 8.77. The summed E-state index contributed by atoms with van der Waals surface area (Å²) in [4.78, 5) is 14.0. The van der Waals surface area contributed by atoms with Crippen molar-refractivity contribution in [1.29, 1.82) is 0 Å². The molecule has 1 fully saturated rings. The topological polar surface area (TPSA) is 47.9 Å². The highest BCUT2D eigenvalue weighted by Gasteiger charge is 2.40. The number of allylic oxidation sites excluding steroid dienone is 2. The van der Waals surface area contributed by atoms with E-state index in [-0.39, 0.29) is 6.61 Å². The smallest absolute Gasteiger partial charge is 0.157 e. The Morgan fingerprint density at radius 3 is 3.17 bits per heavy atom. The van der Waals surface area contributed by atoms with Crippen LogP contribution in [0.25, 0.3) is 0 Å². The molecule has 1 N–H and O–H groups in total. The number of hydrogen-bond donors (Lipinski definition) is 1. The molecular weight excluding hydrogens is 160 g/mol. The summed E-state index contributed by atoms with van der Waals surface area (Å²) in [6.07, 6.45) is 6.34. The second-order valence-electron chi connectivity index (χ2n) is 2.93. The van der Waals surface area contributed by atoms with Gasteiger partial charge < -0.3 is 0 Å². The van der Waals surface area contributed by atoms with Crippen LogP contribution in [0, 0.1) is 0 Å². The van der Waals surface area contributed by atoms with Gasteiger partial charge in [0.05, 0.1) is 0 Å². The third kappa shape index (κ3) is 1.09. The molecule has 0 saturated carbocycles. The van der Waals surface area contributed by atoms with Crippen LogP contribution in [0.15, 0.2) is 23.8 Å². The highest BCUT2D eigenvalue weighted by atomic mass is 17.2. The van der Waals surface area contributed by atoms with E-state index >= 15 is 0 Å². The minimum Gasteiger partial charge on any atom is -0.251 e. The number of hydrogen-bond acceptors (Lipinski definition) is 4. The van der Waals surface area contributed by atoms with Crippen LogP contribution in [-0.2, 0) is 14.7 Å². The van der Waals surface area contributed by atoms with Gasteiger partial charge >= 0.3 is 0 Å². The highest BCUT2D eigenvalue weighted by Crippen LogP contribution is 2.32. The third-order valence-corrected chi connectivity index (χ3v) is 2.23. The predicted octanol–water partition coefficient (Wildman–Crippen LogP) is 1.06. The van der Waals surface area contributed by atoms with Gasteiger partial charge in [-0.3, -0.25) is 5.26 Å². The fraction of sp³-hybridized carbons (Fsp3) is 0.500. The molecule has 0 aromatic heterocycles. The van der Waals surface area contributed by atoms with Crippen LogP contribution >= 0.6 is 0 Å². The molecule has 0 aromatic rings. The van der Waals surface area contributed by atoms with Gasteiger partial charge in [-0.25, -0.2) is 14.7 Å². The third-order valence-electron chi connectivity index (χ3n) is 2.23. The fourth-order valence-electron chi connectivity index (χ4n) is 1.42. The van der Waals surface area contributed by atoms with E-state index in [0.29, 0.717) is 13.0 Å². The first-order valence-electron chi connectivity index (χ1n) is 3.80. The van der Waals surface area contributed by atoms with Gasteiger partial charge in [0.15, 0.2) is 5.60 Å². The summed E-state index contributed by atoms with van der Waals surface area (Å²) in [6, 6.07) is 0. The van der Waals surface area contributed by atoms with Gasteiger partial charge in [-0.05, 0) is 5.57 Å². The molecule has 1 heterocycles. The standard InChI is InChI=1S/C8H10O4/c9-12-8-4-2-1-3-7(8)5-10-11-6-8/h1-3,9H,4-6H2/t8-/m0/s1. The van der Waals surface area contributed by atoms with Gasteiger partial charge in [0.2, 0.25) is 0 Å². The molecule has 0 amide bonds. The van der Waals surface area contributed by atoms with Crippen LogP contribution < -0.4 is 0 Å². The molecule has 4 heteroatoms. The Morgan fingerprint density at radius 1 is 1.50 bits per heavy atom. The van der Waals surface area contributed by atoms with Crippen molar-refractivity contribution >= 4 is 0 Å². The van der Waals surface area contributed by atoms with E-state index in [1.807, 2.05) is 18.2 Å². The Labute approximate surface area is 69.9 Å². The molecule has 0 unspecified atom stereocenters. The van der Waals surface area contributed by atoms with Crippen molar-refractivity contribution in [3.05, 3.63) is 23.8 Å². The lowest BCUT2D eigenvalue weighted by molar-refractivity contribution is -0.390. The summed E-state index contributed by atoms with van der Waals surface area (Å²) in [5.74, 6) is 0. The summed E-state index contributed by atoms with van der Waals surface area (Å²) < 4.78 is 0. The molecule has 0 aromatic carbocycles. The molecule has 0 spiro atoms. The first kappa shape index (κ1) is 7.94. The van der Waals surface area contributed by atoms with E-state index in [2.05, 4.69) is 4.89 Å². The quantitative estimate of drug-likeness (QED) is 0.472. The van der Waals surface area contributed by atoms with Crippen LogP contribution in [0.4, 0.5) is 0 Å². The average molecular weight is 170 g/mol. The maximum atomic E-state index is 8.77. The van der Waals surface area contributed by atoms with Crippen molar-refractivity contribution in [1.82, 2.24) is 0 Å². The summed E-state index contributed by atoms with van der Waals surface area (Å²) in [5.41, 5.74) is 0.214. The summed E-state index contributed by atoms with van der Waals surface area (Å²) in [6.45, 7) is 0.588. The maximum absolute atomic E-state index is 8.77. The Kier molecular flexibility index (Phi) is 1.98. The molecule has 4 nitrogen and oxygen atoms in total. The first-order chi connectivity index (χ1) is 5.87. The van der Waals surface area contributed by atoms with Crippen molar-refractivity contribution in [3.8, 4) is 0 Å². The molecule has 0 radical (unpaired) electrons. The van der Waals surface area contributed by atoms with Crippen LogP contribution in [0.1, 0.15) is 6.42 Å². The molecular formula is C8H10O4. The van der Waals surface area contributed by atoms with Crippen molar-refractivity contribution in [2.45, 2.75) is 12.0 Å². The van der Waals surface area contributed by atoms with Crippen LogP contribution in [0.3, 0.4) is 0 Å². The lowest BCUT2D eigenvalue weighted by atomic mass is 9.87. The van der Waals surface area contributed by atoms with Gasteiger partial charge in [0, 0.05) is 6.42 Å². The molecule has 66 valence electrons. The Hall–Kier alpha value is -0.680. The van der Waals surface area contributed by atoms with Crippen molar-refractivity contribution in [2.24, 2.45) is 0 Å². The molecule has 0 bridgehead atoms. The van der Waals surface area contributed by atoms with Gasteiger partial charge in [-0.15, -0.1) is 0 Å². The van der Waals surface area contributed by atoms with Crippen LogP contribution in [0.5, 0.6) is 0 Å². The zero-order valence-corrected chi connectivity index (χ0v) is 6.53. The van der Waals surface area contributed by atoms with Gasteiger partial charge in [-0.2, -0.15) is 0 Å². The van der Waals surface area contributed by atoms with Gasteiger partial charge in [0.1, 0.15) is 13.2 Å². The minimum absolute atomic E-state index is 0.236. The maximum Gasteiger partial charge on any atom is 0.157 e. The van der Waals surface area contributed by atoms with Gasteiger partial charge in [0.25, 0.3) is 0 Å². The molecule has 1 aliphatic heterocycles. The van der Waals surface area contributed by atoms with Crippen LogP contribution in [0.2, 0.25) is 0 Å². The lowest BCUT2D eigenvalue weighted by Crippen LogP contribution is -2.44. The molecule has 2 aliphatic rings. The second kappa shape index (κ2) is 2.99. The molecule has 1 saturated heterocycles. The zero-order valence-electron chi connectivity index (χ0n) is 6.53. The number of rotatable bonds is 1. The van der Waals surface area contributed by atoms with Crippen molar-refractivity contribution < 1.29 is 19.9 Å². The normalized spacial score (nSPS) is 34.2. The fourth-order valence-corrected chi connectivity index (χ4v) is 1.42. The van der Waals surface area contributed by atoms with E-state index in [9.17, 15) is 0 Å². The van der Waals surface area contributed by atoms with E-state index in [4.69, 9.17) is 15.0 Å². The zero-order chi connectivity index (χ0) is 8.44. The SMILES string of the molecule is OO[C@]12CC=CC=C1COOC2. The lowest BCUT2D eigenvalue weighted by Gasteiger charge is -2.35. The van der Waals surface area contributed by atoms with E-state index in [0.717, 1.165) is 5.57 Å². The monoisotopic (exact) mass is 170 g/mol. The Balaban J connectivity index is 2.27. The predicted molar refractivity (Wildman–Crippen MR) is 40.2 cm³/mol. The van der Waals surface area contributed by atoms with Crippen molar-refractivity contribution in [3.63, 3.8) is 0 Å². The van der Waals surface area contributed by atoms with E-state index in [1.165, 1.54) is 0 Å². The second-order valence-corrected chi connectivity index (χ2v) is 2.93. The Bertz CT molecular complexity index is 233. The van der Waals surface area contributed by atoms with Crippen molar-refractivity contribution in [2.75, 3.05) is 13.2 Å². The van der Waals surface area contributed by atoms with Gasteiger partial charge in [-0.1, -0.05) is 18.2 Å². The molecule has 1 atom stereocenters. The average Bonchev–Trinajstić information content (AvgIpc) is 2.18. The largest absolute Gasteiger partial charge is 0.251 e. The summed E-state index contributed by atoms with van der Waals surface area (Å²) >= 11 is 0. The minimum atomic E-state index is -0.701.